The Kier molecular flexibility index (Phi) is 2.95. The largest absolute Gasteiger partial charge is 0.478 e. The van der Waals surface area contributed by atoms with Crippen molar-refractivity contribution >= 4 is 12.1 Å². The highest BCUT2D eigenvalue weighted by atomic mass is 19.1. The molecule has 1 saturated heterocycles. The number of halogens is 1. The van der Waals surface area contributed by atoms with Crippen molar-refractivity contribution in [3.8, 4) is 0 Å². The second kappa shape index (κ2) is 4.40. The number of aliphatic carboxylic acids is 1. The molecule has 1 aliphatic heterocycles. The summed E-state index contributed by atoms with van der Waals surface area (Å²) in [4.78, 5) is 23.2. The van der Waals surface area contributed by atoms with Crippen molar-refractivity contribution in [1.82, 2.24) is 4.90 Å². The zero-order valence-corrected chi connectivity index (χ0v) is 8.80. The topological polar surface area (TPSA) is 66.8 Å². The number of carbonyl (C=O) groups excluding carboxylic acids is 1. The van der Waals surface area contributed by atoms with Gasteiger partial charge in [-0.1, -0.05) is 12.1 Å². The van der Waals surface area contributed by atoms with Crippen LogP contribution >= 0.6 is 0 Å². The van der Waals surface area contributed by atoms with Gasteiger partial charge >= 0.3 is 12.1 Å². The Morgan fingerprint density at radius 3 is 2.94 bits per heavy atom. The van der Waals surface area contributed by atoms with E-state index in [2.05, 4.69) is 4.74 Å². The molecule has 1 unspecified atom stereocenters. The number of cyclic esters (lactones) is 1. The molecular weight excluding hydrogens is 229 g/mol. The predicted molar refractivity (Wildman–Crippen MR) is 54.7 cm³/mol. The molecule has 1 amide bonds. The minimum Gasteiger partial charge on any atom is -0.478 e. The molecule has 2 rings (SSSR count). The molecule has 1 atom stereocenters. The lowest BCUT2D eigenvalue weighted by molar-refractivity contribution is -0.144. The fraction of sp³-hybridized carbons (Fsp3) is 0.273. The molecule has 0 spiro atoms. The maximum absolute atomic E-state index is 12.9. The van der Waals surface area contributed by atoms with E-state index in [0.717, 1.165) is 0 Å². The maximum Gasteiger partial charge on any atom is 0.411 e. The van der Waals surface area contributed by atoms with Gasteiger partial charge in [-0.05, 0) is 17.7 Å². The minimum atomic E-state index is -1.18. The third-order valence-electron chi connectivity index (χ3n) is 2.43. The van der Waals surface area contributed by atoms with Crippen molar-refractivity contribution < 1.29 is 23.8 Å². The van der Waals surface area contributed by atoms with Gasteiger partial charge in [0.2, 0.25) is 6.10 Å². The first-order valence-electron chi connectivity index (χ1n) is 4.99. The molecular formula is C11H10FNO4. The second-order valence-corrected chi connectivity index (χ2v) is 3.72. The van der Waals surface area contributed by atoms with E-state index >= 15 is 0 Å². The van der Waals surface area contributed by atoms with Crippen LogP contribution in [-0.4, -0.2) is 34.7 Å². The summed E-state index contributed by atoms with van der Waals surface area (Å²) < 4.78 is 17.5. The van der Waals surface area contributed by atoms with Gasteiger partial charge in [0.15, 0.2) is 0 Å². The highest BCUT2D eigenvalue weighted by Gasteiger charge is 2.35. The zero-order valence-electron chi connectivity index (χ0n) is 8.80. The van der Waals surface area contributed by atoms with Crippen molar-refractivity contribution in [3.05, 3.63) is 35.6 Å². The lowest BCUT2D eigenvalue weighted by Gasteiger charge is -2.12. The summed E-state index contributed by atoms with van der Waals surface area (Å²) >= 11 is 0. The van der Waals surface area contributed by atoms with Crippen molar-refractivity contribution in [2.24, 2.45) is 0 Å². The van der Waals surface area contributed by atoms with E-state index in [9.17, 15) is 14.0 Å². The second-order valence-electron chi connectivity index (χ2n) is 3.72. The Morgan fingerprint density at radius 1 is 1.59 bits per heavy atom. The number of amides is 1. The Hall–Kier alpha value is -2.11. The van der Waals surface area contributed by atoms with Crippen molar-refractivity contribution in [2.75, 3.05) is 6.54 Å². The third-order valence-corrected chi connectivity index (χ3v) is 2.43. The smallest absolute Gasteiger partial charge is 0.411 e. The predicted octanol–water partition coefficient (Wildman–Crippen LogP) is 1.23. The van der Waals surface area contributed by atoms with E-state index in [1.807, 2.05) is 0 Å². The lowest BCUT2D eigenvalue weighted by Crippen LogP contribution is -2.27. The number of hydrogen-bond donors (Lipinski definition) is 1. The summed E-state index contributed by atoms with van der Waals surface area (Å²) in [6.07, 6.45) is -1.84. The van der Waals surface area contributed by atoms with Gasteiger partial charge in [-0.15, -0.1) is 0 Å². The molecule has 6 heteroatoms. The first kappa shape index (κ1) is 11.4. The third kappa shape index (κ3) is 2.52. The van der Waals surface area contributed by atoms with E-state index < -0.39 is 24.0 Å². The number of carboxylic acid groups (broad SMARTS) is 1. The maximum atomic E-state index is 12.9. The van der Waals surface area contributed by atoms with Crippen molar-refractivity contribution in [2.45, 2.75) is 12.6 Å². The zero-order chi connectivity index (χ0) is 12.4. The van der Waals surface area contributed by atoms with E-state index in [-0.39, 0.29) is 13.1 Å². The molecule has 0 saturated carbocycles. The standard InChI is InChI=1S/C11H10FNO4/c12-8-3-1-2-7(4-8)5-13-6-9(10(14)15)17-11(13)16/h1-4,9H,5-6H2,(H,14,15). The quantitative estimate of drug-likeness (QED) is 0.861. The SMILES string of the molecule is O=C(O)C1CN(Cc2cccc(F)c2)C(=O)O1. The number of carboxylic acids is 1. The van der Waals surface area contributed by atoms with Crippen LogP contribution < -0.4 is 0 Å². The fourth-order valence-corrected chi connectivity index (χ4v) is 1.62. The molecule has 1 fully saturated rings. The molecule has 17 heavy (non-hydrogen) atoms. The monoisotopic (exact) mass is 239 g/mol. The van der Waals surface area contributed by atoms with Gasteiger partial charge in [0.1, 0.15) is 5.82 Å². The van der Waals surface area contributed by atoms with Crippen molar-refractivity contribution in [1.29, 1.82) is 0 Å². The molecule has 1 aliphatic rings. The number of benzene rings is 1. The average molecular weight is 239 g/mol. The summed E-state index contributed by atoms with van der Waals surface area (Å²) in [7, 11) is 0. The van der Waals surface area contributed by atoms with E-state index in [1.165, 1.54) is 23.1 Å². The van der Waals surface area contributed by atoms with Crippen LogP contribution in [0.4, 0.5) is 9.18 Å². The first-order valence-corrected chi connectivity index (χ1v) is 4.99. The summed E-state index contributed by atoms with van der Waals surface area (Å²) in [6.45, 7) is 0.116. The van der Waals surface area contributed by atoms with Crippen LogP contribution in [0.25, 0.3) is 0 Å². The van der Waals surface area contributed by atoms with Crippen LogP contribution in [-0.2, 0) is 16.1 Å². The fourth-order valence-electron chi connectivity index (χ4n) is 1.62. The number of ether oxygens (including phenoxy) is 1. The van der Waals surface area contributed by atoms with Gasteiger partial charge in [-0.3, -0.25) is 4.90 Å². The van der Waals surface area contributed by atoms with E-state index in [4.69, 9.17) is 5.11 Å². The Bertz CT molecular complexity index is 463. The van der Waals surface area contributed by atoms with E-state index in [1.54, 1.807) is 6.07 Å². The molecule has 1 heterocycles. The van der Waals surface area contributed by atoms with Gasteiger partial charge in [0.25, 0.3) is 0 Å². The van der Waals surface area contributed by atoms with Crippen molar-refractivity contribution in [3.63, 3.8) is 0 Å². The highest BCUT2D eigenvalue weighted by molar-refractivity contribution is 5.81. The Morgan fingerprint density at radius 2 is 2.35 bits per heavy atom. The van der Waals surface area contributed by atoms with Crippen LogP contribution in [0.5, 0.6) is 0 Å². The molecule has 1 N–H and O–H groups in total. The molecule has 0 radical (unpaired) electrons. The van der Waals surface area contributed by atoms with Crippen LogP contribution in [0.1, 0.15) is 5.56 Å². The van der Waals surface area contributed by atoms with Crippen LogP contribution in [0.15, 0.2) is 24.3 Å². The van der Waals surface area contributed by atoms with Crippen LogP contribution in [0.3, 0.4) is 0 Å². The summed E-state index contributed by atoms with van der Waals surface area (Å²) in [6, 6.07) is 5.78. The van der Waals surface area contributed by atoms with Gasteiger partial charge < -0.3 is 9.84 Å². The summed E-state index contributed by atoms with van der Waals surface area (Å²) in [5.41, 5.74) is 0.591. The van der Waals surface area contributed by atoms with Gasteiger partial charge in [-0.25, -0.2) is 14.0 Å². The average Bonchev–Trinajstić information content (AvgIpc) is 2.61. The molecule has 1 aromatic carbocycles. The highest BCUT2D eigenvalue weighted by Crippen LogP contribution is 2.15. The van der Waals surface area contributed by atoms with E-state index in [0.29, 0.717) is 5.56 Å². The Balaban J connectivity index is 2.05. The number of carbonyl (C=O) groups is 2. The first-order chi connectivity index (χ1) is 8.06. The van der Waals surface area contributed by atoms with Crippen LogP contribution in [0, 0.1) is 5.82 Å². The molecule has 90 valence electrons. The molecule has 0 bridgehead atoms. The number of hydrogen-bond acceptors (Lipinski definition) is 3. The molecule has 0 aliphatic carbocycles. The summed E-state index contributed by atoms with van der Waals surface area (Å²) in [5, 5.41) is 8.70. The van der Waals surface area contributed by atoms with Crippen LogP contribution in [0.2, 0.25) is 0 Å². The molecule has 5 nitrogen and oxygen atoms in total. The summed E-state index contributed by atoms with van der Waals surface area (Å²) in [5.74, 6) is -1.58. The number of nitrogens with zero attached hydrogens (tertiary/aromatic N) is 1. The Labute approximate surface area is 96.4 Å². The number of rotatable bonds is 3. The molecule has 1 aromatic rings. The minimum absolute atomic E-state index is 0.0231. The molecule has 0 aromatic heterocycles. The normalized spacial score (nSPS) is 19.2. The van der Waals surface area contributed by atoms with Gasteiger partial charge in [0, 0.05) is 6.54 Å². The lowest BCUT2D eigenvalue weighted by atomic mass is 10.2. The van der Waals surface area contributed by atoms with Gasteiger partial charge in [0.05, 0.1) is 6.54 Å². The van der Waals surface area contributed by atoms with Gasteiger partial charge in [-0.2, -0.15) is 0 Å².